The summed E-state index contributed by atoms with van der Waals surface area (Å²) in [5.41, 5.74) is 2.19. The number of carbonyl (C=O) groups excluding carboxylic acids is 1. The molecule has 4 aromatic rings. The molecule has 0 aliphatic heterocycles. The van der Waals surface area contributed by atoms with E-state index in [9.17, 15) is 22.4 Å². The van der Waals surface area contributed by atoms with Crippen molar-refractivity contribution in [2.75, 3.05) is 6.54 Å². The minimum atomic E-state index is -4.44. The summed E-state index contributed by atoms with van der Waals surface area (Å²) in [4.78, 5) is 15.0. The molecule has 0 radical (unpaired) electrons. The maximum atomic E-state index is 13.9. The van der Waals surface area contributed by atoms with Crippen LogP contribution in [-0.4, -0.2) is 17.4 Å². The van der Waals surface area contributed by atoms with Gasteiger partial charge in [-0.05, 0) is 53.4 Å². The summed E-state index contributed by atoms with van der Waals surface area (Å²) in [6.07, 6.45) is -3.86. The highest BCUT2D eigenvalue weighted by atomic mass is 19.4. The van der Waals surface area contributed by atoms with Gasteiger partial charge in [0.15, 0.2) is 0 Å². The SMILES string of the molecule is O=C(c1cccc(F)c1)N(CCC(c1ccccc1)c1ccccc1)Cc1ccc(C(F)(F)F)cc1. The standard InChI is InChI=1S/C30H25F4NO/c31-27-13-7-12-25(20-27)29(36)35(21-22-14-16-26(17-15-22)30(32,33)34)19-18-28(23-8-3-1-4-9-23)24-10-5-2-6-11-24/h1-17,20,28H,18-19,21H2. The van der Waals surface area contributed by atoms with E-state index in [-0.39, 0.29) is 23.9 Å². The molecule has 184 valence electrons. The third kappa shape index (κ3) is 6.39. The van der Waals surface area contributed by atoms with Crippen LogP contribution in [0.4, 0.5) is 17.6 Å². The number of hydrogen-bond donors (Lipinski definition) is 0. The number of amides is 1. The average Bonchev–Trinajstić information content (AvgIpc) is 2.89. The van der Waals surface area contributed by atoms with E-state index in [1.165, 1.54) is 36.4 Å². The number of nitrogens with zero attached hydrogens (tertiary/aromatic N) is 1. The highest BCUT2D eigenvalue weighted by Crippen LogP contribution is 2.30. The molecule has 0 aliphatic rings. The lowest BCUT2D eigenvalue weighted by atomic mass is 9.88. The molecule has 4 aromatic carbocycles. The van der Waals surface area contributed by atoms with Crippen molar-refractivity contribution in [3.63, 3.8) is 0 Å². The van der Waals surface area contributed by atoms with E-state index in [1.54, 1.807) is 4.90 Å². The number of rotatable bonds is 8. The van der Waals surface area contributed by atoms with Gasteiger partial charge in [0, 0.05) is 24.6 Å². The molecule has 0 bridgehead atoms. The number of halogens is 4. The van der Waals surface area contributed by atoms with Gasteiger partial charge in [-0.1, -0.05) is 78.9 Å². The van der Waals surface area contributed by atoms with Gasteiger partial charge in [0.2, 0.25) is 0 Å². The van der Waals surface area contributed by atoms with Crippen molar-refractivity contribution in [2.45, 2.75) is 25.1 Å². The fraction of sp³-hybridized carbons (Fsp3) is 0.167. The van der Waals surface area contributed by atoms with Crippen LogP contribution in [0, 0.1) is 5.82 Å². The topological polar surface area (TPSA) is 20.3 Å². The van der Waals surface area contributed by atoms with Crippen LogP contribution >= 0.6 is 0 Å². The largest absolute Gasteiger partial charge is 0.416 e. The molecule has 6 heteroatoms. The Labute approximate surface area is 207 Å². The highest BCUT2D eigenvalue weighted by Gasteiger charge is 2.30. The van der Waals surface area contributed by atoms with Crippen molar-refractivity contribution < 1.29 is 22.4 Å². The molecule has 0 N–H and O–H groups in total. The second kappa shape index (κ2) is 11.2. The van der Waals surface area contributed by atoms with Gasteiger partial charge in [0.25, 0.3) is 5.91 Å². The first-order valence-corrected chi connectivity index (χ1v) is 11.6. The van der Waals surface area contributed by atoms with Gasteiger partial charge in [-0.25, -0.2) is 4.39 Å². The van der Waals surface area contributed by atoms with Crippen LogP contribution in [0.2, 0.25) is 0 Å². The maximum Gasteiger partial charge on any atom is 0.416 e. The summed E-state index contributed by atoms with van der Waals surface area (Å²) in [7, 11) is 0. The smallest absolute Gasteiger partial charge is 0.334 e. The monoisotopic (exact) mass is 491 g/mol. The van der Waals surface area contributed by atoms with E-state index in [0.717, 1.165) is 23.3 Å². The zero-order chi connectivity index (χ0) is 25.5. The summed E-state index contributed by atoms with van der Waals surface area (Å²) in [5.74, 6) is -0.904. The zero-order valence-electron chi connectivity index (χ0n) is 19.5. The molecule has 0 unspecified atom stereocenters. The van der Waals surface area contributed by atoms with Crippen molar-refractivity contribution in [1.29, 1.82) is 0 Å². The summed E-state index contributed by atoms with van der Waals surface area (Å²) in [6, 6.07) is 30.1. The van der Waals surface area contributed by atoms with Gasteiger partial charge in [-0.2, -0.15) is 13.2 Å². The van der Waals surface area contributed by atoms with Crippen LogP contribution in [0.15, 0.2) is 109 Å². The van der Waals surface area contributed by atoms with Crippen molar-refractivity contribution in [3.05, 3.63) is 143 Å². The van der Waals surface area contributed by atoms with Crippen molar-refractivity contribution in [1.82, 2.24) is 4.90 Å². The van der Waals surface area contributed by atoms with Gasteiger partial charge >= 0.3 is 6.18 Å². The zero-order valence-corrected chi connectivity index (χ0v) is 19.5. The van der Waals surface area contributed by atoms with Crippen LogP contribution < -0.4 is 0 Å². The first kappa shape index (κ1) is 25.2. The Bertz CT molecular complexity index is 1230. The molecular weight excluding hydrogens is 466 g/mol. The van der Waals surface area contributed by atoms with E-state index in [0.29, 0.717) is 18.5 Å². The first-order valence-electron chi connectivity index (χ1n) is 11.6. The van der Waals surface area contributed by atoms with Crippen LogP contribution in [0.3, 0.4) is 0 Å². The second-order valence-corrected chi connectivity index (χ2v) is 8.59. The van der Waals surface area contributed by atoms with Gasteiger partial charge < -0.3 is 4.90 Å². The number of carbonyl (C=O) groups is 1. The van der Waals surface area contributed by atoms with E-state index in [4.69, 9.17) is 0 Å². The number of hydrogen-bond acceptors (Lipinski definition) is 1. The molecule has 0 aromatic heterocycles. The van der Waals surface area contributed by atoms with E-state index < -0.39 is 17.6 Å². The minimum Gasteiger partial charge on any atom is -0.334 e. The normalized spacial score (nSPS) is 11.5. The Hall–Kier alpha value is -3.93. The summed E-state index contributed by atoms with van der Waals surface area (Å²) in [6.45, 7) is 0.425. The second-order valence-electron chi connectivity index (χ2n) is 8.59. The Morgan fingerprint density at radius 3 is 1.86 bits per heavy atom. The lowest BCUT2D eigenvalue weighted by Gasteiger charge is -2.26. The van der Waals surface area contributed by atoms with E-state index in [1.807, 2.05) is 60.7 Å². The molecule has 0 atom stereocenters. The number of benzene rings is 4. The molecule has 0 saturated heterocycles. The first-order chi connectivity index (χ1) is 17.3. The Balaban J connectivity index is 1.61. The predicted octanol–water partition coefficient (Wildman–Crippen LogP) is 7.71. The van der Waals surface area contributed by atoms with Crippen molar-refractivity contribution in [2.24, 2.45) is 0 Å². The molecule has 1 amide bonds. The van der Waals surface area contributed by atoms with Crippen LogP contribution in [-0.2, 0) is 12.7 Å². The predicted molar refractivity (Wildman–Crippen MR) is 132 cm³/mol. The van der Waals surface area contributed by atoms with E-state index >= 15 is 0 Å². The fourth-order valence-electron chi connectivity index (χ4n) is 4.26. The van der Waals surface area contributed by atoms with Crippen LogP contribution in [0.5, 0.6) is 0 Å². The van der Waals surface area contributed by atoms with Crippen LogP contribution in [0.25, 0.3) is 0 Å². The van der Waals surface area contributed by atoms with Crippen molar-refractivity contribution >= 4 is 5.91 Å². The molecule has 36 heavy (non-hydrogen) atoms. The lowest BCUT2D eigenvalue weighted by molar-refractivity contribution is -0.137. The van der Waals surface area contributed by atoms with E-state index in [2.05, 4.69) is 0 Å². The molecule has 0 heterocycles. The van der Waals surface area contributed by atoms with Gasteiger partial charge in [0.1, 0.15) is 5.82 Å². The van der Waals surface area contributed by atoms with Gasteiger partial charge in [0.05, 0.1) is 5.56 Å². The molecular formula is C30H25F4NO. The summed E-state index contributed by atoms with van der Waals surface area (Å²) < 4.78 is 52.9. The molecule has 0 spiro atoms. The average molecular weight is 492 g/mol. The number of alkyl halides is 3. The summed E-state index contributed by atoms with van der Waals surface area (Å²) >= 11 is 0. The quantitative estimate of drug-likeness (QED) is 0.231. The minimum absolute atomic E-state index is 0.00261. The maximum absolute atomic E-state index is 13.9. The van der Waals surface area contributed by atoms with Gasteiger partial charge in [-0.3, -0.25) is 4.79 Å². The molecule has 0 fully saturated rings. The molecule has 2 nitrogen and oxygen atoms in total. The third-order valence-corrected chi connectivity index (χ3v) is 6.11. The van der Waals surface area contributed by atoms with Crippen molar-refractivity contribution in [3.8, 4) is 0 Å². The Kier molecular flexibility index (Phi) is 7.84. The molecule has 0 saturated carbocycles. The molecule has 4 rings (SSSR count). The third-order valence-electron chi connectivity index (χ3n) is 6.11. The Morgan fingerprint density at radius 2 is 1.33 bits per heavy atom. The lowest BCUT2D eigenvalue weighted by Crippen LogP contribution is -2.32. The van der Waals surface area contributed by atoms with Gasteiger partial charge in [-0.15, -0.1) is 0 Å². The van der Waals surface area contributed by atoms with Crippen LogP contribution in [0.1, 0.15) is 45.0 Å². The Morgan fingerprint density at radius 1 is 0.750 bits per heavy atom. The molecule has 0 aliphatic carbocycles. The fourth-order valence-corrected chi connectivity index (χ4v) is 4.26. The summed E-state index contributed by atoms with van der Waals surface area (Å²) in [5, 5.41) is 0. The highest BCUT2D eigenvalue weighted by molar-refractivity contribution is 5.94.